The van der Waals surface area contributed by atoms with E-state index in [0.29, 0.717) is 24.6 Å². The van der Waals surface area contributed by atoms with Crippen LogP contribution < -0.4 is 14.8 Å². The molecule has 7 nitrogen and oxygen atoms in total. The Balaban J connectivity index is 2.14. The lowest BCUT2D eigenvalue weighted by atomic mass is 10.2. The lowest BCUT2D eigenvalue weighted by molar-refractivity contribution is -0.118. The quantitative estimate of drug-likeness (QED) is 0.637. The number of aryl methyl sites for hydroxylation is 1. The van der Waals surface area contributed by atoms with Crippen LogP contribution in [0.3, 0.4) is 0 Å². The van der Waals surface area contributed by atoms with Crippen molar-refractivity contribution in [2.24, 2.45) is 0 Å². The molecule has 158 valence electrons. The van der Waals surface area contributed by atoms with Crippen LogP contribution in [0, 0.1) is 0 Å². The Morgan fingerprint density at radius 2 is 1.69 bits per heavy atom. The second-order valence-electron chi connectivity index (χ2n) is 6.29. The van der Waals surface area contributed by atoms with Gasteiger partial charge in [-0.25, -0.2) is 8.42 Å². The first-order valence-corrected chi connectivity index (χ1v) is 11.0. The Hall–Kier alpha value is -2.58. The molecule has 2 aromatic carbocycles. The van der Waals surface area contributed by atoms with Crippen LogP contribution in [0.25, 0.3) is 0 Å². The number of anilines is 1. The van der Waals surface area contributed by atoms with Gasteiger partial charge < -0.3 is 14.8 Å². The monoisotopic (exact) mass is 420 g/mol. The highest BCUT2D eigenvalue weighted by Gasteiger charge is 2.23. The van der Waals surface area contributed by atoms with E-state index in [-0.39, 0.29) is 17.2 Å². The van der Waals surface area contributed by atoms with Gasteiger partial charge in [0.1, 0.15) is 11.5 Å². The average Bonchev–Trinajstić information content (AvgIpc) is 2.73. The molecule has 2 rings (SSSR count). The highest BCUT2D eigenvalue weighted by atomic mass is 32.2. The number of rotatable bonds is 10. The van der Waals surface area contributed by atoms with Crippen LogP contribution in [-0.4, -0.2) is 45.4 Å². The van der Waals surface area contributed by atoms with E-state index in [2.05, 4.69) is 12.2 Å². The molecule has 0 atom stereocenters. The number of ether oxygens (including phenoxy) is 2. The topological polar surface area (TPSA) is 84.9 Å². The molecule has 0 unspecified atom stereocenters. The van der Waals surface area contributed by atoms with Gasteiger partial charge >= 0.3 is 0 Å². The number of nitrogens with one attached hydrogen (secondary N) is 1. The molecule has 0 radical (unpaired) electrons. The summed E-state index contributed by atoms with van der Waals surface area (Å²) in [6.45, 7) is 6.12. The van der Waals surface area contributed by atoms with E-state index in [1.54, 1.807) is 13.8 Å². The van der Waals surface area contributed by atoms with Crippen molar-refractivity contribution in [1.29, 1.82) is 0 Å². The van der Waals surface area contributed by atoms with Crippen LogP contribution in [0.15, 0.2) is 47.4 Å². The second-order valence-corrected chi connectivity index (χ2v) is 8.22. The van der Waals surface area contributed by atoms with Crippen molar-refractivity contribution < 1.29 is 22.7 Å². The molecule has 0 bridgehead atoms. The molecule has 29 heavy (non-hydrogen) atoms. The van der Waals surface area contributed by atoms with Gasteiger partial charge in [0, 0.05) is 13.1 Å². The molecule has 0 spiro atoms. The molecule has 0 saturated heterocycles. The van der Waals surface area contributed by atoms with Crippen molar-refractivity contribution in [3.63, 3.8) is 0 Å². The summed E-state index contributed by atoms with van der Waals surface area (Å²) >= 11 is 0. The van der Waals surface area contributed by atoms with Crippen LogP contribution in [0.2, 0.25) is 0 Å². The normalized spacial score (nSPS) is 11.3. The predicted octanol–water partition coefficient (Wildman–Crippen LogP) is 3.31. The minimum atomic E-state index is -3.65. The lowest BCUT2D eigenvalue weighted by Gasteiger charge is -2.19. The van der Waals surface area contributed by atoms with Crippen molar-refractivity contribution >= 4 is 21.6 Å². The first kappa shape index (κ1) is 22.7. The van der Waals surface area contributed by atoms with Gasteiger partial charge in [-0.2, -0.15) is 4.31 Å². The van der Waals surface area contributed by atoms with Crippen molar-refractivity contribution in [3.05, 3.63) is 48.0 Å². The van der Waals surface area contributed by atoms with Crippen LogP contribution >= 0.6 is 0 Å². The first-order valence-electron chi connectivity index (χ1n) is 9.55. The van der Waals surface area contributed by atoms with Crippen LogP contribution in [0.4, 0.5) is 5.69 Å². The van der Waals surface area contributed by atoms with Crippen molar-refractivity contribution in [1.82, 2.24) is 4.31 Å². The van der Waals surface area contributed by atoms with Crippen molar-refractivity contribution in [2.45, 2.75) is 32.1 Å². The van der Waals surface area contributed by atoms with Crippen LogP contribution in [0.5, 0.6) is 11.5 Å². The summed E-state index contributed by atoms with van der Waals surface area (Å²) in [7, 11) is -2.20. The fourth-order valence-electron chi connectivity index (χ4n) is 2.81. The van der Waals surface area contributed by atoms with E-state index in [9.17, 15) is 13.2 Å². The van der Waals surface area contributed by atoms with E-state index in [1.807, 2.05) is 24.3 Å². The minimum Gasteiger partial charge on any atom is -0.495 e. The number of sulfonamides is 1. The second kappa shape index (κ2) is 10.3. The number of carbonyl (C=O) groups excluding carboxylic acids is 1. The lowest BCUT2D eigenvalue weighted by Crippen LogP contribution is -2.30. The maximum atomic E-state index is 12.7. The summed E-state index contributed by atoms with van der Waals surface area (Å²) in [5.74, 6) is 0.534. The third-order valence-corrected chi connectivity index (χ3v) is 6.54. The molecule has 0 saturated carbocycles. The van der Waals surface area contributed by atoms with Crippen LogP contribution in [-0.2, 0) is 21.2 Å². The summed E-state index contributed by atoms with van der Waals surface area (Å²) in [6, 6.07) is 11.9. The molecule has 0 aliphatic carbocycles. The van der Waals surface area contributed by atoms with Crippen molar-refractivity contribution in [3.8, 4) is 11.5 Å². The molecule has 8 heteroatoms. The molecule has 0 aliphatic heterocycles. The number of amides is 1. The van der Waals surface area contributed by atoms with Crippen LogP contribution in [0.1, 0.15) is 26.3 Å². The molecule has 2 aromatic rings. The Morgan fingerprint density at radius 1 is 1.03 bits per heavy atom. The van der Waals surface area contributed by atoms with E-state index < -0.39 is 15.9 Å². The van der Waals surface area contributed by atoms with Gasteiger partial charge in [-0.1, -0.05) is 32.9 Å². The molecule has 0 fully saturated rings. The highest BCUT2D eigenvalue weighted by molar-refractivity contribution is 7.89. The number of benzene rings is 2. The zero-order valence-corrected chi connectivity index (χ0v) is 18.1. The summed E-state index contributed by atoms with van der Waals surface area (Å²) in [4.78, 5) is 12.4. The Kier molecular flexibility index (Phi) is 8.04. The zero-order chi connectivity index (χ0) is 21.4. The summed E-state index contributed by atoms with van der Waals surface area (Å²) in [5, 5.41) is 2.67. The summed E-state index contributed by atoms with van der Waals surface area (Å²) in [6.07, 6.45) is 0.924. The molecule has 0 heterocycles. The van der Waals surface area contributed by atoms with Gasteiger partial charge in [0.25, 0.3) is 5.91 Å². The summed E-state index contributed by atoms with van der Waals surface area (Å²) in [5.41, 5.74) is 1.45. The first-order chi connectivity index (χ1) is 13.8. The maximum absolute atomic E-state index is 12.7. The Morgan fingerprint density at radius 3 is 2.24 bits per heavy atom. The smallest absolute Gasteiger partial charge is 0.262 e. The SMILES string of the molecule is CCc1ccc(OCC(=O)Nc2cc(S(=O)(=O)N(CC)CC)ccc2OC)cc1. The molecule has 1 amide bonds. The number of hydrogen-bond acceptors (Lipinski definition) is 5. The molecular weight excluding hydrogens is 392 g/mol. The fraction of sp³-hybridized carbons (Fsp3) is 0.381. The van der Waals surface area contributed by atoms with Gasteiger partial charge in [0.15, 0.2) is 6.61 Å². The molecular formula is C21H28N2O5S. The van der Waals surface area contributed by atoms with Gasteiger partial charge in [-0.05, 0) is 42.3 Å². The van der Waals surface area contributed by atoms with Gasteiger partial charge in [-0.15, -0.1) is 0 Å². The van der Waals surface area contributed by atoms with E-state index >= 15 is 0 Å². The average molecular weight is 421 g/mol. The number of methoxy groups -OCH3 is 1. The molecule has 1 N–H and O–H groups in total. The fourth-order valence-corrected chi connectivity index (χ4v) is 4.30. The summed E-state index contributed by atoms with van der Waals surface area (Å²) < 4.78 is 37.6. The third-order valence-electron chi connectivity index (χ3n) is 4.49. The molecule has 0 aromatic heterocycles. The predicted molar refractivity (Wildman–Crippen MR) is 113 cm³/mol. The number of nitrogens with zero attached hydrogens (tertiary/aromatic N) is 1. The Labute approximate surface area is 172 Å². The number of carbonyl (C=O) groups is 1. The maximum Gasteiger partial charge on any atom is 0.262 e. The van der Waals surface area contributed by atoms with Gasteiger partial charge in [-0.3, -0.25) is 4.79 Å². The number of hydrogen-bond donors (Lipinski definition) is 1. The van der Waals surface area contributed by atoms with E-state index in [1.165, 1.54) is 35.2 Å². The molecule has 0 aliphatic rings. The van der Waals surface area contributed by atoms with E-state index in [0.717, 1.165) is 6.42 Å². The Bertz CT molecular complexity index is 923. The minimum absolute atomic E-state index is 0.0911. The van der Waals surface area contributed by atoms with Gasteiger partial charge in [0.05, 0.1) is 17.7 Å². The van der Waals surface area contributed by atoms with E-state index in [4.69, 9.17) is 9.47 Å². The largest absolute Gasteiger partial charge is 0.495 e. The standard InChI is InChI=1S/C21H28N2O5S/c1-5-16-8-10-17(11-9-16)28-15-21(24)22-19-14-18(12-13-20(19)27-4)29(25,26)23(6-2)7-3/h8-14H,5-7,15H2,1-4H3,(H,22,24). The zero-order valence-electron chi connectivity index (χ0n) is 17.3. The van der Waals surface area contributed by atoms with Crippen molar-refractivity contribution in [2.75, 3.05) is 32.1 Å². The highest BCUT2D eigenvalue weighted by Crippen LogP contribution is 2.29. The third kappa shape index (κ3) is 5.71. The van der Waals surface area contributed by atoms with Gasteiger partial charge in [0.2, 0.25) is 10.0 Å².